The van der Waals surface area contributed by atoms with Crippen LogP contribution in [0.2, 0.25) is 5.02 Å². The fourth-order valence-electron chi connectivity index (χ4n) is 2.61. The molecule has 1 aliphatic heterocycles. The van der Waals surface area contributed by atoms with E-state index in [-0.39, 0.29) is 4.90 Å². The molecule has 0 bridgehead atoms. The van der Waals surface area contributed by atoms with Crippen LogP contribution in [0.4, 0.5) is 0 Å². The highest BCUT2D eigenvalue weighted by molar-refractivity contribution is 7.89. The van der Waals surface area contributed by atoms with Gasteiger partial charge in [0, 0.05) is 30.2 Å². The molecule has 0 radical (unpaired) electrons. The van der Waals surface area contributed by atoms with Gasteiger partial charge in [-0.15, -0.1) is 0 Å². The van der Waals surface area contributed by atoms with Crippen LogP contribution >= 0.6 is 11.6 Å². The van der Waals surface area contributed by atoms with Gasteiger partial charge in [0.05, 0.1) is 7.11 Å². The van der Waals surface area contributed by atoms with E-state index >= 15 is 0 Å². The topological polar surface area (TPSA) is 58.6 Å². The second kappa shape index (κ2) is 6.96. The van der Waals surface area contributed by atoms with Crippen molar-refractivity contribution in [3.05, 3.63) is 22.7 Å². The van der Waals surface area contributed by atoms with E-state index in [1.165, 1.54) is 17.5 Å². The van der Waals surface area contributed by atoms with Crippen LogP contribution in [0.15, 0.2) is 17.0 Å². The minimum Gasteiger partial charge on any atom is -0.495 e. The van der Waals surface area contributed by atoms with Crippen LogP contribution in [0, 0.1) is 0 Å². The average Bonchev–Trinajstić information content (AvgIpc) is 2.48. The smallest absolute Gasteiger partial charge is 0.246 e. The van der Waals surface area contributed by atoms with E-state index in [2.05, 4.69) is 5.32 Å². The number of sulfonamides is 1. The molecule has 1 aromatic rings. The van der Waals surface area contributed by atoms with Gasteiger partial charge >= 0.3 is 0 Å². The van der Waals surface area contributed by atoms with Crippen LogP contribution in [0.1, 0.15) is 24.8 Å². The molecule has 1 aromatic carbocycles. The third-order valence-corrected chi connectivity index (χ3v) is 5.72. The molecule has 0 aromatic heterocycles. The first kappa shape index (κ1) is 16.5. The highest BCUT2D eigenvalue weighted by Crippen LogP contribution is 2.34. The monoisotopic (exact) mass is 332 g/mol. The second-order valence-corrected chi connectivity index (χ2v) is 7.43. The number of ether oxygens (including phenoxy) is 1. The van der Waals surface area contributed by atoms with Crippen molar-refractivity contribution in [3.8, 4) is 5.75 Å². The van der Waals surface area contributed by atoms with Crippen molar-refractivity contribution in [2.24, 2.45) is 0 Å². The molecule has 7 heteroatoms. The summed E-state index contributed by atoms with van der Waals surface area (Å²) < 4.78 is 32.6. The Morgan fingerprint density at radius 2 is 1.95 bits per heavy atom. The summed E-state index contributed by atoms with van der Waals surface area (Å²) in [5, 5.41) is 3.40. The number of methoxy groups -OCH3 is 1. The Balaban J connectivity index is 2.50. The minimum absolute atomic E-state index is 0.157. The predicted octanol–water partition coefficient (Wildman–Crippen LogP) is 2.24. The van der Waals surface area contributed by atoms with Crippen molar-refractivity contribution < 1.29 is 13.2 Å². The molecular formula is C14H21ClN2O3S. The Labute approximate surface area is 131 Å². The number of piperidine rings is 1. The van der Waals surface area contributed by atoms with Gasteiger partial charge in [-0.3, -0.25) is 0 Å². The lowest BCUT2D eigenvalue weighted by Crippen LogP contribution is -2.35. The van der Waals surface area contributed by atoms with Gasteiger partial charge in [0.15, 0.2) is 0 Å². The number of benzene rings is 1. The van der Waals surface area contributed by atoms with E-state index in [0.29, 0.717) is 30.4 Å². The summed E-state index contributed by atoms with van der Waals surface area (Å²) in [6.07, 6.45) is 2.86. The number of hydrogen-bond acceptors (Lipinski definition) is 4. The van der Waals surface area contributed by atoms with E-state index in [1.807, 2.05) is 0 Å². The standard InChI is InChI=1S/C14H21ClN2O3S/c1-16-10-11-8-12(15)9-13(14(11)20-2)21(18,19)17-6-4-3-5-7-17/h8-9,16H,3-7,10H2,1-2H3. The van der Waals surface area contributed by atoms with Crippen LogP contribution in [0.5, 0.6) is 5.75 Å². The zero-order chi connectivity index (χ0) is 15.5. The summed E-state index contributed by atoms with van der Waals surface area (Å²) in [7, 11) is -0.297. The second-order valence-electron chi connectivity index (χ2n) is 5.09. The molecule has 2 rings (SSSR count). The van der Waals surface area contributed by atoms with Crippen molar-refractivity contribution in [3.63, 3.8) is 0 Å². The molecule has 1 heterocycles. The lowest BCUT2D eigenvalue weighted by atomic mass is 10.2. The number of hydrogen-bond donors (Lipinski definition) is 1. The summed E-state index contributed by atoms with van der Waals surface area (Å²) in [5.74, 6) is 0.374. The fourth-order valence-corrected chi connectivity index (χ4v) is 4.66. The maximum absolute atomic E-state index is 12.8. The molecule has 0 unspecified atom stereocenters. The molecule has 1 saturated heterocycles. The number of nitrogens with one attached hydrogen (secondary N) is 1. The summed E-state index contributed by atoms with van der Waals surface area (Å²) in [5.41, 5.74) is 0.739. The Bertz CT molecular complexity index is 598. The first-order valence-corrected chi connectivity index (χ1v) is 8.83. The maximum Gasteiger partial charge on any atom is 0.246 e. The van der Waals surface area contributed by atoms with Crippen LogP contribution in [-0.4, -0.2) is 40.0 Å². The zero-order valence-electron chi connectivity index (χ0n) is 12.4. The summed E-state index contributed by atoms with van der Waals surface area (Å²) in [6.45, 7) is 1.60. The highest BCUT2D eigenvalue weighted by atomic mass is 35.5. The first-order chi connectivity index (χ1) is 10.0. The molecule has 0 amide bonds. The van der Waals surface area contributed by atoms with Crippen LogP contribution in [0.25, 0.3) is 0 Å². The summed E-state index contributed by atoms with van der Waals surface area (Å²) in [4.78, 5) is 0.157. The van der Waals surface area contributed by atoms with Gasteiger partial charge in [0.2, 0.25) is 10.0 Å². The Morgan fingerprint density at radius 3 is 2.52 bits per heavy atom. The normalized spacial score (nSPS) is 16.9. The van der Waals surface area contributed by atoms with E-state index in [0.717, 1.165) is 24.8 Å². The van der Waals surface area contributed by atoms with Gasteiger partial charge < -0.3 is 10.1 Å². The predicted molar refractivity (Wildman–Crippen MR) is 83.4 cm³/mol. The largest absolute Gasteiger partial charge is 0.495 e. The van der Waals surface area contributed by atoms with Gasteiger partial charge in [0.25, 0.3) is 0 Å². The van der Waals surface area contributed by atoms with Crippen molar-refractivity contribution >= 4 is 21.6 Å². The Morgan fingerprint density at radius 1 is 1.29 bits per heavy atom. The lowest BCUT2D eigenvalue weighted by molar-refractivity contribution is 0.342. The molecule has 5 nitrogen and oxygen atoms in total. The molecule has 1 fully saturated rings. The molecule has 0 saturated carbocycles. The van der Waals surface area contributed by atoms with E-state index in [9.17, 15) is 8.42 Å². The van der Waals surface area contributed by atoms with Crippen molar-refractivity contribution in [1.29, 1.82) is 0 Å². The Kier molecular flexibility index (Phi) is 5.48. The van der Waals surface area contributed by atoms with Gasteiger partial charge in [-0.1, -0.05) is 18.0 Å². The quantitative estimate of drug-likeness (QED) is 0.898. The molecule has 21 heavy (non-hydrogen) atoms. The maximum atomic E-state index is 12.8. The molecular weight excluding hydrogens is 312 g/mol. The van der Waals surface area contributed by atoms with Gasteiger partial charge in [-0.2, -0.15) is 4.31 Å². The molecule has 1 aliphatic rings. The van der Waals surface area contributed by atoms with Crippen LogP contribution < -0.4 is 10.1 Å². The number of nitrogens with zero attached hydrogens (tertiary/aromatic N) is 1. The number of rotatable bonds is 5. The molecule has 0 aliphatic carbocycles. The fraction of sp³-hybridized carbons (Fsp3) is 0.571. The zero-order valence-corrected chi connectivity index (χ0v) is 13.9. The SMILES string of the molecule is CNCc1cc(Cl)cc(S(=O)(=O)N2CCCCC2)c1OC. The Hall–Kier alpha value is -0.820. The van der Waals surface area contributed by atoms with Crippen LogP contribution in [0.3, 0.4) is 0 Å². The first-order valence-electron chi connectivity index (χ1n) is 7.02. The van der Waals surface area contributed by atoms with E-state index < -0.39 is 10.0 Å². The van der Waals surface area contributed by atoms with Crippen molar-refractivity contribution in [1.82, 2.24) is 9.62 Å². The lowest BCUT2D eigenvalue weighted by Gasteiger charge is -2.27. The molecule has 0 spiro atoms. The highest BCUT2D eigenvalue weighted by Gasteiger charge is 2.30. The van der Waals surface area contributed by atoms with Gasteiger partial charge in [0.1, 0.15) is 10.6 Å². The van der Waals surface area contributed by atoms with E-state index in [4.69, 9.17) is 16.3 Å². The summed E-state index contributed by atoms with van der Waals surface area (Å²) in [6, 6.07) is 3.20. The third-order valence-electron chi connectivity index (χ3n) is 3.60. The molecule has 118 valence electrons. The van der Waals surface area contributed by atoms with Gasteiger partial charge in [-0.25, -0.2) is 8.42 Å². The molecule has 0 atom stereocenters. The van der Waals surface area contributed by atoms with Crippen molar-refractivity contribution in [2.45, 2.75) is 30.7 Å². The minimum atomic E-state index is -3.57. The summed E-state index contributed by atoms with van der Waals surface area (Å²) >= 11 is 6.09. The average molecular weight is 333 g/mol. The number of halogens is 1. The molecule has 1 N–H and O–H groups in total. The van der Waals surface area contributed by atoms with E-state index in [1.54, 1.807) is 13.1 Å². The van der Waals surface area contributed by atoms with Gasteiger partial charge in [-0.05, 0) is 32.0 Å². The third kappa shape index (κ3) is 3.51. The van der Waals surface area contributed by atoms with Crippen molar-refractivity contribution in [2.75, 3.05) is 27.2 Å². The van der Waals surface area contributed by atoms with Crippen LogP contribution in [-0.2, 0) is 16.6 Å².